The first-order valence-electron chi connectivity index (χ1n) is 10.0. The van der Waals surface area contributed by atoms with Gasteiger partial charge in [0.05, 0.1) is 0 Å². The van der Waals surface area contributed by atoms with Crippen LogP contribution in [-0.4, -0.2) is 5.11 Å². The Balaban J connectivity index is 2.12. The molecule has 1 rings (SSSR count). The van der Waals surface area contributed by atoms with Crippen molar-refractivity contribution < 1.29 is 5.11 Å². The van der Waals surface area contributed by atoms with E-state index in [1.54, 1.807) is 0 Å². The summed E-state index contributed by atoms with van der Waals surface area (Å²) in [6.07, 6.45) is 15.9. The van der Waals surface area contributed by atoms with Crippen molar-refractivity contribution in [3.8, 4) is 5.75 Å². The number of para-hydroxylation sites is 1. The molecule has 1 N–H and O–H groups in total. The molecule has 0 aliphatic heterocycles. The molecule has 1 unspecified atom stereocenters. The third kappa shape index (κ3) is 7.90. The number of aryl methyl sites for hydroxylation is 1. The van der Waals surface area contributed by atoms with Gasteiger partial charge in [0, 0.05) is 0 Å². The number of rotatable bonds is 13. The maximum absolute atomic E-state index is 10.3. The summed E-state index contributed by atoms with van der Waals surface area (Å²) in [5, 5.41) is 10.3. The molecular formula is C22H38O. The van der Waals surface area contributed by atoms with Gasteiger partial charge < -0.3 is 5.11 Å². The van der Waals surface area contributed by atoms with E-state index in [9.17, 15) is 5.11 Å². The predicted molar refractivity (Wildman–Crippen MR) is 102 cm³/mol. The van der Waals surface area contributed by atoms with Crippen LogP contribution in [0.4, 0.5) is 0 Å². The molecule has 0 fully saturated rings. The molecule has 0 saturated heterocycles. The Hall–Kier alpha value is -0.980. The van der Waals surface area contributed by atoms with Crippen molar-refractivity contribution in [3.63, 3.8) is 0 Å². The first kappa shape index (κ1) is 20.1. The summed E-state index contributed by atoms with van der Waals surface area (Å²) >= 11 is 0. The number of unbranched alkanes of at least 4 members (excludes halogenated alkanes) is 9. The lowest BCUT2D eigenvalue weighted by Gasteiger charge is -2.15. The molecule has 0 aromatic heterocycles. The highest BCUT2D eigenvalue weighted by Crippen LogP contribution is 2.32. The predicted octanol–water partition coefficient (Wildman–Crippen LogP) is 7.37. The summed E-state index contributed by atoms with van der Waals surface area (Å²) in [4.78, 5) is 0. The van der Waals surface area contributed by atoms with Gasteiger partial charge in [-0.15, -0.1) is 0 Å². The van der Waals surface area contributed by atoms with Gasteiger partial charge in [-0.05, 0) is 29.9 Å². The summed E-state index contributed by atoms with van der Waals surface area (Å²) in [6.45, 7) is 6.63. The van der Waals surface area contributed by atoms with Crippen molar-refractivity contribution in [2.75, 3.05) is 0 Å². The minimum absolute atomic E-state index is 0.468. The summed E-state index contributed by atoms with van der Waals surface area (Å²) in [5.74, 6) is 1.00. The molecule has 0 spiro atoms. The molecule has 1 aromatic carbocycles. The normalized spacial score (nSPS) is 12.5. The van der Waals surface area contributed by atoms with Gasteiger partial charge in [0.1, 0.15) is 5.75 Å². The molecule has 0 aliphatic rings. The lowest BCUT2D eigenvalue weighted by molar-refractivity contribution is 0.451. The number of aromatic hydroxyl groups is 1. The number of benzene rings is 1. The van der Waals surface area contributed by atoms with Gasteiger partial charge in [-0.2, -0.15) is 0 Å². The molecule has 1 heteroatoms. The third-order valence-corrected chi connectivity index (χ3v) is 5.05. The van der Waals surface area contributed by atoms with Crippen molar-refractivity contribution >= 4 is 0 Å². The Morgan fingerprint density at radius 3 is 1.96 bits per heavy atom. The first-order valence-corrected chi connectivity index (χ1v) is 10.0. The van der Waals surface area contributed by atoms with Gasteiger partial charge in [-0.1, -0.05) is 103 Å². The van der Waals surface area contributed by atoms with E-state index in [0.717, 1.165) is 17.5 Å². The van der Waals surface area contributed by atoms with Crippen molar-refractivity contribution in [2.45, 2.75) is 104 Å². The van der Waals surface area contributed by atoms with E-state index >= 15 is 0 Å². The van der Waals surface area contributed by atoms with E-state index in [1.807, 2.05) is 6.07 Å². The van der Waals surface area contributed by atoms with Crippen LogP contribution in [-0.2, 0) is 6.42 Å². The largest absolute Gasteiger partial charge is 0.507 e. The number of phenolic OH excluding ortho intramolecular Hbond substituents is 1. The van der Waals surface area contributed by atoms with Crippen LogP contribution in [0.15, 0.2) is 18.2 Å². The van der Waals surface area contributed by atoms with Crippen LogP contribution in [0.5, 0.6) is 5.75 Å². The minimum Gasteiger partial charge on any atom is -0.507 e. The zero-order valence-corrected chi connectivity index (χ0v) is 15.7. The van der Waals surface area contributed by atoms with Crippen molar-refractivity contribution in [1.82, 2.24) is 0 Å². The highest BCUT2D eigenvalue weighted by Gasteiger charge is 2.12. The molecule has 132 valence electrons. The van der Waals surface area contributed by atoms with E-state index in [-0.39, 0.29) is 0 Å². The highest BCUT2D eigenvalue weighted by molar-refractivity contribution is 5.42. The van der Waals surface area contributed by atoms with Crippen molar-refractivity contribution in [3.05, 3.63) is 29.3 Å². The van der Waals surface area contributed by atoms with Crippen LogP contribution in [0.2, 0.25) is 0 Å². The third-order valence-electron chi connectivity index (χ3n) is 5.05. The fraction of sp³-hybridized carbons (Fsp3) is 0.727. The van der Waals surface area contributed by atoms with Crippen LogP contribution in [0.25, 0.3) is 0 Å². The zero-order valence-electron chi connectivity index (χ0n) is 15.7. The van der Waals surface area contributed by atoms with E-state index in [2.05, 4.69) is 32.9 Å². The average Bonchev–Trinajstić information content (AvgIpc) is 2.56. The molecule has 1 atom stereocenters. The summed E-state index contributed by atoms with van der Waals surface area (Å²) < 4.78 is 0. The fourth-order valence-electron chi connectivity index (χ4n) is 3.39. The van der Waals surface area contributed by atoms with Crippen LogP contribution in [0.3, 0.4) is 0 Å². The fourth-order valence-corrected chi connectivity index (χ4v) is 3.39. The number of hydrogen-bond donors (Lipinski definition) is 1. The molecule has 0 heterocycles. The smallest absolute Gasteiger partial charge is 0.122 e. The van der Waals surface area contributed by atoms with E-state index < -0.39 is 0 Å². The van der Waals surface area contributed by atoms with Gasteiger partial charge in [0.15, 0.2) is 0 Å². The Kier molecular flexibility index (Phi) is 10.9. The summed E-state index contributed by atoms with van der Waals surface area (Å²) in [7, 11) is 0. The van der Waals surface area contributed by atoms with E-state index in [1.165, 1.54) is 70.6 Å². The monoisotopic (exact) mass is 318 g/mol. The summed E-state index contributed by atoms with van der Waals surface area (Å²) in [5.41, 5.74) is 2.22. The molecule has 0 amide bonds. The van der Waals surface area contributed by atoms with Gasteiger partial charge in [-0.3, -0.25) is 0 Å². The Morgan fingerprint density at radius 1 is 0.826 bits per heavy atom. The van der Waals surface area contributed by atoms with Gasteiger partial charge >= 0.3 is 0 Å². The second-order valence-electron chi connectivity index (χ2n) is 7.08. The van der Waals surface area contributed by atoms with Gasteiger partial charge in [0.25, 0.3) is 0 Å². The molecule has 23 heavy (non-hydrogen) atoms. The molecular weight excluding hydrogens is 280 g/mol. The van der Waals surface area contributed by atoms with Crippen LogP contribution < -0.4 is 0 Å². The van der Waals surface area contributed by atoms with Crippen LogP contribution in [0.1, 0.15) is 108 Å². The molecule has 0 bridgehead atoms. The SMILES string of the molecule is CCCCCCCCCCCCC(C)c1cccc(CC)c1O. The Morgan fingerprint density at radius 2 is 1.39 bits per heavy atom. The maximum Gasteiger partial charge on any atom is 0.122 e. The zero-order chi connectivity index (χ0) is 16.9. The average molecular weight is 319 g/mol. The summed E-state index contributed by atoms with van der Waals surface area (Å²) in [6, 6.07) is 6.21. The van der Waals surface area contributed by atoms with E-state index in [4.69, 9.17) is 0 Å². The van der Waals surface area contributed by atoms with Crippen LogP contribution in [0, 0.1) is 0 Å². The molecule has 1 nitrogen and oxygen atoms in total. The second kappa shape index (κ2) is 12.4. The Bertz CT molecular complexity index is 410. The number of hydrogen-bond acceptors (Lipinski definition) is 1. The van der Waals surface area contributed by atoms with Gasteiger partial charge in [-0.25, -0.2) is 0 Å². The molecule has 0 radical (unpaired) electrons. The van der Waals surface area contributed by atoms with Gasteiger partial charge in [0.2, 0.25) is 0 Å². The van der Waals surface area contributed by atoms with Crippen molar-refractivity contribution in [2.24, 2.45) is 0 Å². The number of phenols is 1. The highest BCUT2D eigenvalue weighted by atomic mass is 16.3. The lowest BCUT2D eigenvalue weighted by atomic mass is 9.92. The maximum atomic E-state index is 10.3. The Labute approximate surface area is 144 Å². The second-order valence-corrected chi connectivity index (χ2v) is 7.08. The quantitative estimate of drug-likeness (QED) is 0.376. The van der Waals surface area contributed by atoms with E-state index in [0.29, 0.717) is 11.7 Å². The van der Waals surface area contributed by atoms with Crippen LogP contribution >= 0.6 is 0 Å². The topological polar surface area (TPSA) is 20.2 Å². The first-order chi connectivity index (χ1) is 11.2. The lowest BCUT2D eigenvalue weighted by Crippen LogP contribution is -1.96. The molecule has 0 saturated carbocycles. The molecule has 1 aromatic rings. The molecule has 0 aliphatic carbocycles. The standard InChI is InChI=1S/C22H38O/c1-4-6-7-8-9-10-11-12-13-14-16-19(3)21-18-15-17-20(5-2)22(21)23/h15,17-19,23H,4-14,16H2,1-3H3. The minimum atomic E-state index is 0.468. The van der Waals surface area contributed by atoms with Crippen molar-refractivity contribution in [1.29, 1.82) is 0 Å².